The maximum atomic E-state index is 11.9. The summed E-state index contributed by atoms with van der Waals surface area (Å²) in [4.78, 5) is 0.246. The highest BCUT2D eigenvalue weighted by Gasteiger charge is 2.12. The van der Waals surface area contributed by atoms with Crippen LogP contribution in [-0.4, -0.2) is 20.1 Å². The zero-order valence-electron chi connectivity index (χ0n) is 10.7. The Morgan fingerprint density at radius 3 is 2.33 bits per heavy atom. The molecule has 0 saturated heterocycles. The summed E-state index contributed by atoms with van der Waals surface area (Å²) in [6, 6.07) is 6.26. The maximum absolute atomic E-state index is 11.9. The molecule has 0 heterocycles. The van der Waals surface area contributed by atoms with Crippen LogP contribution in [0, 0.1) is 0 Å². The molecule has 18 heavy (non-hydrogen) atoms. The Labute approximate surface area is 109 Å². The van der Waals surface area contributed by atoms with Crippen molar-refractivity contribution in [1.29, 1.82) is 0 Å². The maximum Gasteiger partial charge on any atom is 0.240 e. The second-order valence-electron chi connectivity index (χ2n) is 4.26. The normalized spacial score (nSPS) is 11.7. The average Bonchev–Trinajstić information content (AvgIpc) is 2.38. The minimum absolute atomic E-state index is 0.0786. The third-order valence-electron chi connectivity index (χ3n) is 2.74. The minimum Gasteiger partial charge on any atom is -0.392 e. The van der Waals surface area contributed by atoms with Gasteiger partial charge in [-0.05, 0) is 24.1 Å². The number of hydrogen-bond donors (Lipinski definition) is 2. The number of nitrogens with one attached hydrogen (secondary N) is 1. The van der Waals surface area contributed by atoms with Gasteiger partial charge in [-0.25, -0.2) is 13.1 Å². The van der Waals surface area contributed by atoms with Gasteiger partial charge in [-0.2, -0.15) is 0 Å². The summed E-state index contributed by atoms with van der Waals surface area (Å²) in [6.07, 6.45) is 4.17. The first kappa shape index (κ1) is 15.1. The molecule has 0 bridgehead atoms. The molecule has 5 heteroatoms. The van der Waals surface area contributed by atoms with Crippen LogP contribution in [0.1, 0.15) is 38.2 Å². The van der Waals surface area contributed by atoms with Crippen molar-refractivity contribution in [2.75, 3.05) is 6.54 Å². The van der Waals surface area contributed by atoms with Gasteiger partial charge in [-0.15, -0.1) is 0 Å². The fourth-order valence-electron chi connectivity index (χ4n) is 1.62. The molecule has 0 aromatic heterocycles. The molecule has 0 spiro atoms. The van der Waals surface area contributed by atoms with Crippen LogP contribution >= 0.6 is 0 Å². The highest BCUT2D eigenvalue weighted by molar-refractivity contribution is 7.89. The van der Waals surface area contributed by atoms with Gasteiger partial charge < -0.3 is 5.11 Å². The van der Waals surface area contributed by atoms with E-state index in [0.29, 0.717) is 12.1 Å². The summed E-state index contributed by atoms with van der Waals surface area (Å²) >= 11 is 0. The number of benzene rings is 1. The molecule has 2 N–H and O–H groups in total. The monoisotopic (exact) mass is 271 g/mol. The quantitative estimate of drug-likeness (QED) is 0.711. The molecule has 0 unspecified atom stereocenters. The van der Waals surface area contributed by atoms with E-state index < -0.39 is 10.0 Å². The van der Waals surface area contributed by atoms with Crippen LogP contribution in [0.4, 0.5) is 0 Å². The van der Waals surface area contributed by atoms with Crippen molar-refractivity contribution in [3.8, 4) is 0 Å². The van der Waals surface area contributed by atoms with E-state index in [1.807, 2.05) is 0 Å². The van der Waals surface area contributed by atoms with E-state index in [4.69, 9.17) is 5.11 Å². The van der Waals surface area contributed by atoms with Crippen LogP contribution in [0.15, 0.2) is 29.2 Å². The fraction of sp³-hybridized carbons (Fsp3) is 0.538. The van der Waals surface area contributed by atoms with Gasteiger partial charge in [0.15, 0.2) is 0 Å². The molecule has 0 saturated carbocycles. The highest BCUT2D eigenvalue weighted by Crippen LogP contribution is 2.10. The Morgan fingerprint density at radius 2 is 1.78 bits per heavy atom. The van der Waals surface area contributed by atoms with Crippen LogP contribution in [-0.2, 0) is 16.6 Å². The molecule has 1 aromatic rings. The van der Waals surface area contributed by atoms with Crippen molar-refractivity contribution >= 4 is 10.0 Å². The lowest BCUT2D eigenvalue weighted by molar-refractivity contribution is 0.282. The number of unbranched alkanes of at least 4 members (excludes halogenated alkanes) is 3. The van der Waals surface area contributed by atoms with Gasteiger partial charge in [0.2, 0.25) is 10.0 Å². The Hall–Kier alpha value is -0.910. The molecule has 4 nitrogen and oxygen atoms in total. The number of aliphatic hydroxyl groups is 1. The molecule has 102 valence electrons. The average molecular weight is 271 g/mol. The number of hydrogen-bond acceptors (Lipinski definition) is 3. The lowest BCUT2D eigenvalue weighted by Crippen LogP contribution is -2.24. The van der Waals surface area contributed by atoms with E-state index in [0.717, 1.165) is 25.7 Å². The molecular weight excluding hydrogens is 250 g/mol. The zero-order chi connectivity index (χ0) is 13.4. The molecule has 0 amide bonds. The Balaban J connectivity index is 2.51. The highest BCUT2D eigenvalue weighted by atomic mass is 32.2. The van der Waals surface area contributed by atoms with Crippen LogP contribution in [0.3, 0.4) is 0 Å². The Morgan fingerprint density at radius 1 is 1.11 bits per heavy atom. The number of rotatable bonds is 8. The van der Waals surface area contributed by atoms with E-state index in [1.165, 1.54) is 12.1 Å². The van der Waals surface area contributed by atoms with Gasteiger partial charge in [0, 0.05) is 6.54 Å². The topological polar surface area (TPSA) is 66.4 Å². The molecule has 0 aliphatic heterocycles. The molecule has 1 aromatic carbocycles. The molecule has 1 rings (SSSR count). The third kappa shape index (κ3) is 4.76. The lowest BCUT2D eigenvalue weighted by Gasteiger charge is -2.07. The van der Waals surface area contributed by atoms with Gasteiger partial charge in [-0.1, -0.05) is 38.3 Å². The summed E-state index contributed by atoms with van der Waals surface area (Å²) < 4.78 is 26.4. The van der Waals surface area contributed by atoms with Crippen molar-refractivity contribution in [2.45, 2.75) is 44.1 Å². The Bertz CT molecular complexity index is 440. The third-order valence-corrected chi connectivity index (χ3v) is 4.22. The zero-order valence-corrected chi connectivity index (χ0v) is 11.5. The second-order valence-corrected chi connectivity index (χ2v) is 6.03. The predicted octanol–water partition coefficient (Wildman–Crippen LogP) is 2.04. The second kappa shape index (κ2) is 7.51. The minimum atomic E-state index is -3.40. The largest absolute Gasteiger partial charge is 0.392 e. The molecule has 0 aliphatic rings. The SMILES string of the molecule is CCCCCCNS(=O)(=O)c1ccc(CO)cc1. The number of sulfonamides is 1. The van der Waals surface area contributed by atoms with Crippen molar-refractivity contribution in [3.05, 3.63) is 29.8 Å². The van der Waals surface area contributed by atoms with Crippen LogP contribution in [0.25, 0.3) is 0 Å². The van der Waals surface area contributed by atoms with Crippen LogP contribution in [0.2, 0.25) is 0 Å². The van der Waals surface area contributed by atoms with E-state index in [1.54, 1.807) is 12.1 Å². The van der Waals surface area contributed by atoms with Gasteiger partial charge >= 0.3 is 0 Å². The van der Waals surface area contributed by atoms with Crippen molar-refractivity contribution in [1.82, 2.24) is 4.72 Å². The van der Waals surface area contributed by atoms with Gasteiger partial charge in [0.1, 0.15) is 0 Å². The van der Waals surface area contributed by atoms with Crippen molar-refractivity contribution < 1.29 is 13.5 Å². The smallest absolute Gasteiger partial charge is 0.240 e. The predicted molar refractivity (Wildman–Crippen MR) is 71.7 cm³/mol. The summed E-state index contributed by atoms with van der Waals surface area (Å²) in [5, 5.41) is 8.89. The van der Waals surface area contributed by atoms with Crippen LogP contribution in [0.5, 0.6) is 0 Å². The first-order chi connectivity index (χ1) is 8.60. The van der Waals surface area contributed by atoms with Crippen molar-refractivity contribution in [2.24, 2.45) is 0 Å². The molecule has 0 radical (unpaired) electrons. The molecule has 0 fully saturated rings. The summed E-state index contributed by atoms with van der Waals surface area (Å²) in [5.41, 5.74) is 0.705. The lowest BCUT2D eigenvalue weighted by atomic mass is 10.2. The summed E-state index contributed by atoms with van der Waals surface area (Å²) in [6.45, 7) is 2.52. The summed E-state index contributed by atoms with van der Waals surface area (Å²) in [7, 11) is -3.40. The van der Waals surface area contributed by atoms with E-state index in [9.17, 15) is 8.42 Å². The molecule has 0 atom stereocenters. The standard InChI is InChI=1S/C13H21NO3S/c1-2-3-4-5-10-14-18(16,17)13-8-6-12(11-15)7-9-13/h6-9,14-15H,2-5,10-11H2,1H3. The van der Waals surface area contributed by atoms with E-state index in [2.05, 4.69) is 11.6 Å². The van der Waals surface area contributed by atoms with Crippen LogP contribution < -0.4 is 4.72 Å². The van der Waals surface area contributed by atoms with Gasteiger partial charge in [0.25, 0.3) is 0 Å². The van der Waals surface area contributed by atoms with E-state index >= 15 is 0 Å². The summed E-state index contributed by atoms with van der Waals surface area (Å²) in [5.74, 6) is 0. The molecular formula is C13H21NO3S. The molecule has 0 aliphatic carbocycles. The van der Waals surface area contributed by atoms with Gasteiger partial charge in [-0.3, -0.25) is 0 Å². The first-order valence-corrected chi connectivity index (χ1v) is 7.78. The fourth-order valence-corrected chi connectivity index (χ4v) is 2.69. The Kier molecular flexibility index (Phi) is 6.32. The van der Waals surface area contributed by atoms with Gasteiger partial charge in [0.05, 0.1) is 11.5 Å². The van der Waals surface area contributed by atoms with Crippen molar-refractivity contribution in [3.63, 3.8) is 0 Å². The van der Waals surface area contributed by atoms with E-state index in [-0.39, 0.29) is 11.5 Å². The first-order valence-electron chi connectivity index (χ1n) is 6.29. The number of aliphatic hydroxyl groups excluding tert-OH is 1.